The maximum Gasteiger partial charge on any atom is 0.255 e. The molecular formula is C13H17BrN2O2S. The van der Waals surface area contributed by atoms with Gasteiger partial charge in [-0.2, -0.15) is 0 Å². The molecule has 0 radical (unpaired) electrons. The summed E-state index contributed by atoms with van der Waals surface area (Å²) in [6, 6.07) is 5.28. The maximum atomic E-state index is 12.2. The van der Waals surface area contributed by atoms with Crippen molar-refractivity contribution in [3.63, 3.8) is 0 Å². The Hall–Kier alpha value is -1.01. The van der Waals surface area contributed by atoms with Gasteiger partial charge >= 0.3 is 0 Å². The summed E-state index contributed by atoms with van der Waals surface area (Å²) >= 11 is 7.53. The van der Waals surface area contributed by atoms with E-state index in [0.717, 1.165) is 0 Å². The molecule has 0 aliphatic heterocycles. The van der Waals surface area contributed by atoms with Gasteiger partial charge in [-0.1, -0.05) is 0 Å². The lowest BCUT2D eigenvalue weighted by molar-refractivity contribution is -0.122. The normalized spacial score (nSPS) is 10.4. The average Bonchev–Trinajstić information content (AvgIpc) is 2.30. The highest BCUT2D eigenvalue weighted by atomic mass is 79.9. The summed E-state index contributed by atoms with van der Waals surface area (Å²) in [5.74, 6) is -0.398. The number of likely N-dealkylation sites (N-methyl/N-ethyl adjacent to an activating group) is 1. The van der Waals surface area contributed by atoms with E-state index in [1.54, 1.807) is 25.2 Å². The SMILES string of the molecule is CC(C)NC(=O)CN(C)C(=O)c1cc(S)ccc1Br. The lowest BCUT2D eigenvalue weighted by Crippen LogP contribution is -2.40. The first-order valence-corrected chi connectivity index (χ1v) is 7.08. The molecule has 2 amide bonds. The highest BCUT2D eigenvalue weighted by Crippen LogP contribution is 2.21. The fraction of sp³-hybridized carbons (Fsp3) is 0.385. The van der Waals surface area contributed by atoms with E-state index in [0.29, 0.717) is 14.9 Å². The number of halogens is 1. The molecule has 0 saturated heterocycles. The minimum atomic E-state index is -0.221. The molecule has 6 heteroatoms. The number of hydrogen-bond donors (Lipinski definition) is 2. The molecule has 0 unspecified atom stereocenters. The number of carbonyl (C=O) groups is 2. The number of nitrogens with zero attached hydrogens (tertiary/aromatic N) is 1. The van der Waals surface area contributed by atoms with Gasteiger partial charge in [0.25, 0.3) is 5.91 Å². The minimum Gasteiger partial charge on any atom is -0.352 e. The minimum absolute atomic E-state index is 0.0280. The summed E-state index contributed by atoms with van der Waals surface area (Å²) in [6.45, 7) is 3.78. The van der Waals surface area contributed by atoms with E-state index in [2.05, 4.69) is 33.9 Å². The molecule has 0 fully saturated rings. The number of thiol groups is 1. The smallest absolute Gasteiger partial charge is 0.255 e. The van der Waals surface area contributed by atoms with Crippen LogP contribution in [0.25, 0.3) is 0 Å². The highest BCUT2D eigenvalue weighted by molar-refractivity contribution is 9.10. The molecule has 0 atom stereocenters. The summed E-state index contributed by atoms with van der Waals surface area (Å²) in [5.41, 5.74) is 0.493. The van der Waals surface area contributed by atoms with Crippen molar-refractivity contribution in [2.24, 2.45) is 0 Å². The molecule has 4 nitrogen and oxygen atoms in total. The van der Waals surface area contributed by atoms with Crippen LogP contribution in [0.1, 0.15) is 24.2 Å². The van der Waals surface area contributed by atoms with Crippen LogP contribution in [0.4, 0.5) is 0 Å². The predicted molar refractivity (Wildman–Crippen MR) is 81.6 cm³/mol. The standard InChI is InChI=1S/C13H17BrN2O2S/c1-8(2)15-12(17)7-16(3)13(18)10-6-9(19)4-5-11(10)14/h4-6,8,19H,7H2,1-3H3,(H,15,17). The van der Waals surface area contributed by atoms with Crippen LogP contribution in [-0.2, 0) is 4.79 Å². The van der Waals surface area contributed by atoms with E-state index in [-0.39, 0.29) is 24.4 Å². The van der Waals surface area contributed by atoms with Crippen LogP contribution in [0.5, 0.6) is 0 Å². The van der Waals surface area contributed by atoms with E-state index in [4.69, 9.17) is 0 Å². The van der Waals surface area contributed by atoms with Gasteiger partial charge < -0.3 is 10.2 Å². The number of nitrogens with one attached hydrogen (secondary N) is 1. The quantitative estimate of drug-likeness (QED) is 0.823. The molecule has 0 heterocycles. The Kier molecular flexibility index (Phi) is 5.87. The van der Waals surface area contributed by atoms with Crippen LogP contribution in [0.3, 0.4) is 0 Å². The van der Waals surface area contributed by atoms with E-state index in [9.17, 15) is 9.59 Å². The van der Waals surface area contributed by atoms with Gasteiger partial charge in [0.15, 0.2) is 0 Å². The Morgan fingerprint density at radius 3 is 2.63 bits per heavy atom. The topological polar surface area (TPSA) is 49.4 Å². The van der Waals surface area contributed by atoms with Crippen molar-refractivity contribution in [2.75, 3.05) is 13.6 Å². The van der Waals surface area contributed by atoms with Crippen molar-refractivity contribution in [2.45, 2.75) is 24.8 Å². The Balaban J connectivity index is 2.77. The van der Waals surface area contributed by atoms with Crippen LogP contribution in [0.15, 0.2) is 27.6 Å². The molecule has 0 bridgehead atoms. The molecule has 104 valence electrons. The number of amides is 2. The van der Waals surface area contributed by atoms with E-state index >= 15 is 0 Å². The molecule has 1 N–H and O–H groups in total. The van der Waals surface area contributed by atoms with Crippen LogP contribution < -0.4 is 5.32 Å². The van der Waals surface area contributed by atoms with Gasteiger partial charge in [-0.25, -0.2) is 0 Å². The summed E-state index contributed by atoms with van der Waals surface area (Å²) < 4.78 is 0.686. The molecule has 0 aromatic heterocycles. The number of benzene rings is 1. The second-order valence-corrected chi connectivity index (χ2v) is 5.92. The third kappa shape index (κ3) is 4.87. The first-order valence-electron chi connectivity index (χ1n) is 5.84. The van der Waals surface area contributed by atoms with Crippen LogP contribution in [0, 0.1) is 0 Å². The van der Waals surface area contributed by atoms with Gasteiger partial charge in [0.1, 0.15) is 0 Å². The zero-order chi connectivity index (χ0) is 14.6. The van der Waals surface area contributed by atoms with Gasteiger partial charge in [0.2, 0.25) is 5.91 Å². The molecule has 19 heavy (non-hydrogen) atoms. The molecular weight excluding hydrogens is 328 g/mol. The lowest BCUT2D eigenvalue weighted by atomic mass is 10.2. The van der Waals surface area contributed by atoms with Crippen LogP contribution >= 0.6 is 28.6 Å². The van der Waals surface area contributed by atoms with Gasteiger partial charge in [-0.15, -0.1) is 12.6 Å². The van der Waals surface area contributed by atoms with Crippen molar-refractivity contribution >= 4 is 40.4 Å². The molecule has 0 spiro atoms. The van der Waals surface area contributed by atoms with Gasteiger partial charge in [-0.3, -0.25) is 9.59 Å². The zero-order valence-electron chi connectivity index (χ0n) is 11.1. The van der Waals surface area contributed by atoms with Crippen molar-refractivity contribution in [1.29, 1.82) is 0 Å². The second-order valence-electron chi connectivity index (χ2n) is 4.55. The summed E-state index contributed by atoms with van der Waals surface area (Å²) in [4.78, 5) is 25.9. The predicted octanol–water partition coefficient (Wildman–Crippen LogP) is 2.33. The first-order chi connectivity index (χ1) is 8.81. The van der Waals surface area contributed by atoms with Crippen molar-refractivity contribution in [3.8, 4) is 0 Å². The summed E-state index contributed by atoms with van der Waals surface area (Å²) in [7, 11) is 1.60. The van der Waals surface area contributed by atoms with E-state index in [1.807, 2.05) is 13.8 Å². The molecule has 1 aromatic carbocycles. The van der Waals surface area contributed by atoms with Crippen molar-refractivity contribution in [3.05, 3.63) is 28.2 Å². The van der Waals surface area contributed by atoms with Gasteiger partial charge in [-0.05, 0) is 48.0 Å². The number of hydrogen-bond acceptors (Lipinski definition) is 3. The molecule has 0 aliphatic rings. The van der Waals surface area contributed by atoms with Crippen LogP contribution in [-0.4, -0.2) is 36.3 Å². The molecule has 1 aromatic rings. The second kappa shape index (κ2) is 6.96. The van der Waals surface area contributed by atoms with Gasteiger partial charge in [0, 0.05) is 22.5 Å². The fourth-order valence-corrected chi connectivity index (χ4v) is 2.16. The van der Waals surface area contributed by atoms with Crippen molar-refractivity contribution < 1.29 is 9.59 Å². The van der Waals surface area contributed by atoms with E-state index < -0.39 is 0 Å². The fourth-order valence-electron chi connectivity index (χ4n) is 1.54. The lowest BCUT2D eigenvalue weighted by Gasteiger charge is -2.18. The Morgan fingerprint density at radius 1 is 1.42 bits per heavy atom. The third-order valence-corrected chi connectivity index (χ3v) is 3.33. The maximum absolute atomic E-state index is 12.2. The highest BCUT2D eigenvalue weighted by Gasteiger charge is 2.17. The Labute approximate surface area is 127 Å². The largest absolute Gasteiger partial charge is 0.352 e. The Morgan fingerprint density at radius 2 is 2.05 bits per heavy atom. The molecule has 1 rings (SSSR count). The average molecular weight is 345 g/mol. The summed E-state index contributed by atoms with van der Waals surface area (Å²) in [5, 5.41) is 2.75. The molecule has 0 saturated carbocycles. The van der Waals surface area contributed by atoms with Crippen LogP contribution in [0.2, 0.25) is 0 Å². The third-order valence-electron chi connectivity index (χ3n) is 2.36. The number of rotatable bonds is 4. The van der Waals surface area contributed by atoms with E-state index in [1.165, 1.54) is 4.90 Å². The monoisotopic (exact) mass is 344 g/mol. The van der Waals surface area contributed by atoms with Crippen molar-refractivity contribution in [1.82, 2.24) is 10.2 Å². The Bertz CT molecular complexity index is 492. The molecule has 0 aliphatic carbocycles. The van der Waals surface area contributed by atoms with Gasteiger partial charge in [0.05, 0.1) is 12.1 Å². The zero-order valence-corrected chi connectivity index (χ0v) is 13.6. The first kappa shape index (κ1) is 16.0. The number of carbonyl (C=O) groups excluding carboxylic acids is 2. The summed E-state index contributed by atoms with van der Waals surface area (Å²) in [6.07, 6.45) is 0.